The third kappa shape index (κ3) is 2.05. The van der Waals surface area contributed by atoms with Crippen molar-refractivity contribution in [3.63, 3.8) is 0 Å². The van der Waals surface area contributed by atoms with Crippen LogP contribution < -0.4 is 0 Å². The summed E-state index contributed by atoms with van der Waals surface area (Å²) in [5.74, 6) is -5.43. The highest BCUT2D eigenvalue weighted by atomic mass is 19.4. The Morgan fingerprint density at radius 3 is 1.53 bits per heavy atom. The highest BCUT2D eigenvalue weighted by Gasteiger charge is 2.51. The van der Waals surface area contributed by atoms with Crippen molar-refractivity contribution in [3.05, 3.63) is 23.2 Å². The van der Waals surface area contributed by atoms with E-state index in [1.807, 2.05) is 0 Å². The van der Waals surface area contributed by atoms with Crippen molar-refractivity contribution in [1.82, 2.24) is 0 Å². The molecule has 0 aliphatic carbocycles. The van der Waals surface area contributed by atoms with Crippen LogP contribution in [0.5, 0.6) is 0 Å². The van der Waals surface area contributed by atoms with Crippen LogP contribution >= 0.6 is 0 Å². The lowest BCUT2D eigenvalue weighted by Crippen LogP contribution is -2.15. The van der Waals surface area contributed by atoms with Crippen molar-refractivity contribution in [1.29, 1.82) is 0 Å². The quantitative estimate of drug-likeness (QED) is 0.631. The number of halogens is 8. The Morgan fingerprint density at radius 2 is 1.27 bits per heavy atom. The zero-order valence-corrected chi connectivity index (χ0v) is 6.43. The van der Waals surface area contributed by atoms with Gasteiger partial charge in [-0.3, -0.25) is 0 Å². The van der Waals surface area contributed by atoms with Gasteiger partial charge in [0.25, 0.3) is 0 Å². The van der Waals surface area contributed by atoms with Crippen molar-refractivity contribution in [2.45, 2.75) is 12.4 Å². The fourth-order valence-corrected chi connectivity index (χ4v) is 0.836. The van der Waals surface area contributed by atoms with Gasteiger partial charge in [0, 0.05) is 0 Å². The molecular weight excluding hydrogens is 240 g/mol. The maximum Gasteiger partial charge on any atom is 0.450 e. The minimum absolute atomic E-state index is 2.55. The van der Waals surface area contributed by atoms with E-state index in [0.29, 0.717) is 0 Å². The molecule has 1 rings (SSSR count). The van der Waals surface area contributed by atoms with E-state index >= 15 is 0 Å². The summed E-state index contributed by atoms with van der Waals surface area (Å²) in [6.07, 6.45) is -11.3. The molecule has 0 N–H and O–H groups in total. The molecule has 0 bridgehead atoms. The Balaban J connectivity index is 3.48. The maximum atomic E-state index is 12.4. The van der Waals surface area contributed by atoms with Crippen LogP contribution in [-0.2, 0) is 12.4 Å². The van der Waals surface area contributed by atoms with Gasteiger partial charge in [-0.25, -0.2) is 0 Å². The van der Waals surface area contributed by atoms with Crippen LogP contribution in [0.25, 0.3) is 0 Å². The summed E-state index contributed by atoms with van der Waals surface area (Å²) in [6, 6.07) is -2.55. The van der Waals surface area contributed by atoms with E-state index in [9.17, 15) is 35.1 Å². The second-order valence-electron chi connectivity index (χ2n) is 2.39. The molecule has 0 saturated carbocycles. The topological polar surface area (TPSA) is 13.1 Å². The Kier molecular flexibility index (Phi) is 2.44. The van der Waals surface area contributed by atoms with E-state index in [2.05, 4.69) is 4.42 Å². The molecule has 9 heteroatoms. The first-order chi connectivity index (χ1) is 6.55. The zero-order chi connectivity index (χ0) is 12.0. The highest BCUT2D eigenvalue weighted by Crippen LogP contribution is 2.43. The Morgan fingerprint density at radius 1 is 0.800 bits per heavy atom. The molecular formula is C6F8O. The van der Waals surface area contributed by atoms with E-state index in [-0.39, 0.29) is 0 Å². The lowest BCUT2D eigenvalue weighted by molar-refractivity contribution is -0.174. The van der Waals surface area contributed by atoms with Gasteiger partial charge < -0.3 is 4.42 Å². The van der Waals surface area contributed by atoms with Gasteiger partial charge in [-0.2, -0.15) is 35.1 Å². The number of alkyl halides is 6. The average molecular weight is 240 g/mol. The molecule has 1 heterocycles. The van der Waals surface area contributed by atoms with Crippen molar-refractivity contribution in [2.75, 3.05) is 0 Å². The normalized spacial score (nSPS) is 13.3. The van der Waals surface area contributed by atoms with Gasteiger partial charge in [0.15, 0.2) is 0 Å². The number of hydrogen-bond acceptors (Lipinski definition) is 1. The molecule has 86 valence electrons. The van der Waals surface area contributed by atoms with Gasteiger partial charge in [0.2, 0.25) is 11.6 Å². The van der Waals surface area contributed by atoms with Gasteiger partial charge in [0.1, 0.15) is 5.56 Å². The summed E-state index contributed by atoms with van der Waals surface area (Å²) >= 11 is 0. The van der Waals surface area contributed by atoms with Gasteiger partial charge in [0.05, 0.1) is 0 Å². The lowest BCUT2D eigenvalue weighted by Gasteiger charge is -2.08. The van der Waals surface area contributed by atoms with Crippen LogP contribution in [0.2, 0.25) is 0 Å². The van der Waals surface area contributed by atoms with Crippen LogP contribution in [0.15, 0.2) is 4.42 Å². The van der Waals surface area contributed by atoms with E-state index in [1.165, 1.54) is 0 Å². The summed E-state index contributed by atoms with van der Waals surface area (Å²) in [4.78, 5) is 0. The third-order valence-electron chi connectivity index (χ3n) is 1.35. The van der Waals surface area contributed by atoms with E-state index in [1.54, 1.807) is 0 Å². The predicted octanol–water partition coefficient (Wildman–Crippen LogP) is 3.60. The molecule has 1 aromatic rings. The number of hydrogen-bond donors (Lipinski definition) is 0. The second kappa shape index (κ2) is 3.11. The first-order valence-electron chi connectivity index (χ1n) is 3.17. The molecule has 0 fully saturated rings. The minimum Gasteiger partial charge on any atom is -0.424 e. The van der Waals surface area contributed by atoms with Crippen LogP contribution in [0, 0.1) is 11.8 Å². The SMILES string of the molecule is Fc1oc(C(F)(F)F)c(C(F)(F)F)c1F. The summed E-state index contributed by atoms with van der Waals surface area (Å²) < 4.78 is 98.7. The summed E-state index contributed by atoms with van der Waals surface area (Å²) in [6.45, 7) is 0. The fourth-order valence-electron chi connectivity index (χ4n) is 0.836. The van der Waals surface area contributed by atoms with E-state index in [0.717, 1.165) is 0 Å². The highest BCUT2D eigenvalue weighted by molar-refractivity contribution is 5.25. The van der Waals surface area contributed by atoms with Crippen LogP contribution in [0.3, 0.4) is 0 Å². The molecule has 0 atom stereocenters. The average Bonchev–Trinajstić information content (AvgIpc) is 2.25. The first-order valence-corrected chi connectivity index (χ1v) is 3.17. The van der Waals surface area contributed by atoms with Crippen LogP contribution in [0.1, 0.15) is 11.3 Å². The predicted molar refractivity (Wildman–Crippen MR) is 28.6 cm³/mol. The molecule has 0 aliphatic rings. The molecule has 1 aromatic heterocycles. The van der Waals surface area contributed by atoms with Crippen molar-refractivity contribution < 1.29 is 39.5 Å². The third-order valence-corrected chi connectivity index (χ3v) is 1.35. The second-order valence-corrected chi connectivity index (χ2v) is 2.39. The molecule has 15 heavy (non-hydrogen) atoms. The van der Waals surface area contributed by atoms with Gasteiger partial charge in [-0.05, 0) is 0 Å². The van der Waals surface area contributed by atoms with Gasteiger partial charge in [-0.15, -0.1) is 0 Å². The summed E-state index contributed by atoms with van der Waals surface area (Å²) in [5.41, 5.74) is -2.78. The fraction of sp³-hybridized carbons (Fsp3) is 0.333. The monoisotopic (exact) mass is 240 g/mol. The maximum absolute atomic E-state index is 12.4. The Bertz CT molecular complexity index is 370. The first kappa shape index (κ1) is 11.8. The van der Waals surface area contributed by atoms with Crippen molar-refractivity contribution in [2.24, 2.45) is 0 Å². The summed E-state index contributed by atoms with van der Waals surface area (Å²) in [7, 11) is 0. The zero-order valence-electron chi connectivity index (χ0n) is 6.43. The molecule has 0 amide bonds. The van der Waals surface area contributed by atoms with Crippen LogP contribution in [-0.4, -0.2) is 0 Å². The standard InChI is InChI=1S/C6F8O/c7-2-1(5(9,10)11)3(6(12,13)14)15-4(2)8. The minimum atomic E-state index is -5.68. The molecule has 0 aromatic carbocycles. The van der Waals surface area contributed by atoms with Gasteiger partial charge >= 0.3 is 18.4 Å². The van der Waals surface area contributed by atoms with Crippen LogP contribution in [0.4, 0.5) is 35.1 Å². The Hall–Kier alpha value is -1.28. The summed E-state index contributed by atoms with van der Waals surface area (Å²) in [5, 5.41) is 0. The smallest absolute Gasteiger partial charge is 0.424 e. The number of rotatable bonds is 0. The molecule has 0 spiro atoms. The Labute approximate surface area is 76.3 Å². The molecule has 0 saturated heterocycles. The van der Waals surface area contributed by atoms with Gasteiger partial charge in [-0.1, -0.05) is 0 Å². The molecule has 0 radical (unpaired) electrons. The largest absolute Gasteiger partial charge is 0.450 e. The lowest BCUT2D eigenvalue weighted by atomic mass is 10.2. The molecule has 0 unspecified atom stereocenters. The van der Waals surface area contributed by atoms with Crippen molar-refractivity contribution in [3.8, 4) is 0 Å². The van der Waals surface area contributed by atoms with E-state index < -0.39 is 35.5 Å². The van der Waals surface area contributed by atoms with Crippen molar-refractivity contribution >= 4 is 0 Å². The molecule has 1 nitrogen and oxygen atoms in total. The van der Waals surface area contributed by atoms with E-state index in [4.69, 9.17) is 0 Å². The molecule has 0 aliphatic heterocycles. The number of furan rings is 1.